The van der Waals surface area contributed by atoms with E-state index >= 15 is 0 Å². The number of rotatable bonds is 4. The lowest BCUT2D eigenvalue weighted by molar-refractivity contribution is -0.113. The van der Waals surface area contributed by atoms with Gasteiger partial charge in [-0.3, -0.25) is 9.00 Å². The predicted molar refractivity (Wildman–Crippen MR) is 89.6 cm³/mol. The molecule has 4 nitrogen and oxygen atoms in total. The highest BCUT2D eigenvalue weighted by Gasteiger charge is 2.13. The Bertz CT molecular complexity index is 704. The third kappa shape index (κ3) is 4.41. The molecule has 0 fully saturated rings. The van der Waals surface area contributed by atoms with Crippen molar-refractivity contribution >= 4 is 44.0 Å². The Kier molecular flexibility index (Phi) is 5.14. The van der Waals surface area contributed by atoms with Crippen LogP contribution >= 0.6 is 15.9 Å². The number of benzene rings is 2. The number of hydrogen-bond acceptors (Lipinski definition) is 3. The summed E-state index contributed by atoms with van der Waals surface area (Å²) in [5, 5.41) is 2.71. The minimum absolute atomic E-state index is 0.125. The van der Waals surface area contributed by atoms with Crippen LogP contribution in [-0.2, 0) is 15.6 Å². The second-order valence-electron chi connectivity index (χ2n) is 4.59. The van der Waals surface area contributed by atoms with Crippen molar-refractivity contribution in [2.75, 3.05) is 16.8 Å². The van der Waals surface area contributed by atoms with Crippen LogP contribution in [0.15, 0.2) is 51.8 Å². The van der Waals surface area contributed by atoms with Gasteiger partial charge in [0.05, 0.1) is 15.7 Å². The Morgan fingerprint density at radius 1 is 1.29 bits per heavy atom. The monoisotopic (exact) mass is 366 g/mol. The van der Waals surface area contributed by atoms with Crippen molar-refractivity contribution in [1.82, 2.24) is 0 Å². The quantitative estimate of drug-likeness (QED) is 0.816. The number of carbonyl (C=O) groups is 1. The first-order valence-electron chi connectivity index (χ1n) is 6.25. The molecular weight excluding hydrogens is 352 g/mol. The van der Waals surface area contributed by atoms with Crippen molar-refractivity contribution in [1.29, 1.82) is 0 Å². The van der Waals surface area contributed by atoms with Crippen molar-refractivity contribution in [2.45, 2.75) is 11.8 Å². The summed E-state index contributed by atoms with van der Waals surface area (Å²) in [4.78, 5) is 12.4. The highest BCUT2D eigenvalue weighted by Crippen LogP contribution is 2.19. The van der Waals surface area contributed by atoms with Crippen LogP contribution in [0, 0.1) is 6.92 Å². The molecule has 0 saturated heterocycles. The van der Waals surface area contributed by atoms with E-state index in [1.54, 1.807) is 24.3 Å². The molecule has 0 bridgehead atoms. The summed E-state index contributed by atoms with van der Waals surface area (Å²) in [7, 11) is -1.46. The number of carbonyl (C=O) groups excluding carboxylic acids is 1. The molecule has 0 aliphatic rings. The van der Waals surface area contributed by atoms with E-state index in [1.807, 2.05) is 25.1 Å². The number of aryl methyl sites for hydroxylation is 1. The third-order valence-corrected chi connectivity index (χ3v) is 4.66. The van der Waals surface area contributed by atoms with E-state index in [0.717, 1.165) is 10.0 Å². The summed E-state index contributed by atoms with van der Waals surface area (Å²) in [5.41, 5.74) is 7.94. The first kappa shape index (κ1) is 15.7. The van der Waals surface area contributed by atoms with Gasteiger partial charge in [0, 0.05) is 15.8 Å². The molecule has 0 radical (unpaired) electrons. The van der Waals surface area contributed by atoms with Crippen LogP contribution in [-0.4, -0.2) is 15.9 Å². The van der Waals surface area contributed by atoms with Crippen LogP contribution in [0.5, 0.6) is 0 Å². The number of nitrogens with one attached hydrogen (secondary N) is 1. The number of halogens is 1. The first-order valence-corrected chi connectivity index (χ1v) is 8.37. The summed E-state index contributed by atoms with van der Waals surface area (Å²) < 4.78 is 13.1. The van der Waals surface area contributed by atoms with Gasteiger partial charge >= 0.3 is 0 Å². The van der Waals surface area contributed by atoms with Crippen LogP contribution in [0.3, 0.4) is 0 Å². The Labute approximate surface area is 134 Å². The maximum atomic E-state index is 12.2. The first-order chi connectivity index (χ1) is 9.95. The van der Waals surface area contributed by atoms with Crippen molar-refractivity contribution < 1.29 is 9.00 Å². The topological polar surface area (TPSA) is 72.2 Å². The fourth-order valence-electron chi connectivity index (χ4n) is 1.84. The van der Waals surface area contributed by atoms with Crippen LogP contribution in [0.2, 0.25) is 0 Å². The summed E-state index contributed by atoms with van der Waals surface area (Å²) in [6, 6.07) is 12.5. The molecule has 2 rings (SSSR count). The minimum atomic E-state index is -1.46. The highest BCUT2D eigenvalue weighted by atomic mass is 79.9. The van der Waals surface area contributed by atoms with Crippen LogP contribution in [0.1, 0.15) is 5.56 Å². The van der Waals surface area contributed by atoms with Gasteiger partial charge in [-0.05, 0) is 42.8 Å². The average molecular weight is 367 g/mol. The van der Waals surface area contributed by atoms with Gasteiger partial charge in [0.15, 0.2) is 0 Å². The van der Waals surface area contributed by atoms with Gasteiger partial charge in [-0.15, -0.1) is 0 Å². The fourth-order valence-corrected chi connectivity index (χ4v) is 3.24. The molecule has 0 heterocycles. The maximum absolute atomic E-state index is 12.2. The molecule has 2 aromatic rings. The van der Waals surface area contributed by atoms with Gasteiger partial charge in [0.25, 0.3) is 0 Å². The third-order valence-electron chi connectivity index (χ3n) is 2.78. The van der Waals surface area contributed by atoms with E-state index in [1.165, 1.54) is 0 Å². The van der Waals surface area contributed by atoms with Gasteiger partial charge in [0.2, 0.25) is 5.91 Å². The molecule has 0 aliphatic carbocycles. The number of hydrogen-bond donors (Lipinski definition) is 2. The van der Waals surface area contributed by atoms with E-state index in [2.05, 4.69) is 21.2 Å². The Hall–Kier alpha value is -1.66. The number of amides is 1. The van der Waals surface area contributed by atoms with Crippen molar-refractivity contribution in [2.24, 2.45) is 0 Å². The van der Waals surface area contributed by atoms with E-state index in [-0.39, 0.29) is 11.7 Å². The predicted octanol–water partition coefficient (Wildman–Crippen LogP) is 3.09. The molecule has 0 saturated carbocycles. The van der Waals surface area contributed by atoms with Crippen molar-refractivity contribution in [3.63, 3.8) is 0 Å². The Morgan fingerprint density at radius 2 is 2.05 bits per heavy atom. The molecule has 3 N–H and O–H groups in total. The SMILES string of the molecule is Cc1ccc(S(=O)CC(=O)Nc2cccc(Br)c2)c(N)c1. The molecule has 2 aromatic carbocycles. The second-order valence-corrected chi connectivity index (χ2v) is 6.92. The van der Waals surface area contributed by atoms with Gasteiger partial charge < -0.3 is 11.1 Å². The Morgan fingerprint density at radius 3 is 2.71 bits per heavy atom. The normalized spacial score (nSPS) is 11.9. The summed E-state index contributed by atoms with van der Waals surface area (Å²) in [5.74, 6) is -0.439. The highest BCUT2D eigenvalue weighted by molar-refractivity contribution is 9.10. The molecule has 6 heteroatoms. The van der Waals surface area contributed by atoms with Crippen LogP contribution in [0.25, 0.3) is 0 Å². The zero-order valence-electron chi connectivity index (χ0n) is 11.4. The summed E-state index contributed by atoms with van der Waals surface area (Å²) >= 11 is 3.33. The van der Waals surface area contributed by atoms with Gasteiger partial charge in [-0.1, -0.05) is 28.1 Å². The maximum Gasteiger partial charge on any atom is 0.237 e. The van der Waals surface area contributed by atoms with E-state index in [9.17, 15) is 9.00 Å². The molecule has 1 atom stereocenters. The van der Waals surface area contributed by atoms with E-state index < -0.39 is 10.8 Å². The average Bonchev–Trinajstić information content (AvgIpc) is 2.38. The number of nitrogens with two attached hydrogens (primary N) is 1. The number of anilines is 2. The molecule has 1 amide bonds. The molecule has 1 unspecified atom stereocenters. The fraction of sp³-hybridized carbons (Fsp3) is 0.133. The lowest BCUT2D eigenvalue weighted by Crippen LogP contribution is -2.20. The lowest BCUT2D eigenvalue weighted by atomic mass is 10.2. The molecule has 0 aliphatic heterocycles. The molecule has 0 spiro atoms. The molecule has 0 aromatic heterocycles. The van der Waals surface area contributed by atoms with Crippen LogP contribution < -0.4 is 11.1 Å². The zero-order chi connectivity index (χ0) is 15.4. The van der Waals surface area contributed by atoms with Gasteiger partial charge in [-0.25, -0.2) is 0 Å². The van der Waals surface area contributed by atoms with Crippen LogP contribution in [0.4, 0.5) is 11.4 Å². The molecular formula is C15H15BrN2O2S. The van der Waals surface area contributed by atoms with Gasteiger partial charge in [-0.2, -0.15) is 0 Å². The summed E-state index contributed by atoms with van der Waals surface area (Å²) in [6.45, 7) is 1.91. The number of nitrogen functional groups attached to an aromatic ring is 1. The zero-order valence-corrected chi connectivity index (χ0v) is 13.8. The van der Waals surface area contributed by atoms with E-state index in [0.29, 0.717) is 16.3 Å². The van der Waals surface area contributed by atoms with Crippen molar-refractivity contribution in [3.8, 4) is 0 Å². The second kappa shape index (κ2) is 6.87. The van der Waals surface area contributed by atoms with Gasteiger partial charge in [0.1, 0.15) is 5.75 Å². The standard InChI is InChI=1S/C15H15BrN2O2S/c1-10-5-6-14(13(17)7-10)21(20)9-15(19)18-12-4-2-3-11(16)8-12/h2-8H,9,17H2,1H3,(H,18,19). The van der Waals surface area contributed by atoms with E-state index in [4.69, 9.17) is 5.73 Å². The molecule has 110 valence electrons. The molecule has 21 heavy (non-hydrogen) atoms. The largest absolute Gasteiger partial charge is 0.398 e. The van der Waals surface area contributed by atoms with Crippen molar-refractivity contribution in [3.05, 3.63) is 52.5 Å². The summed E-state index contributed by atoms with van der Waals surface area (Å²) in [6.07, 6.45) is 0. The Balaban J connectivity index is 2.04. The minimum Gasteiger partial charge on any atom is -0.398 e. The lowest BCUT2D eigenvalue weighted by Gasteiger charge is -2.08. The smallest absolute Gasteiger partial charge is 0.237 e.